The van der Waals surface area contributed by atoms with E-state index in [2.05, 4.69) is 20.8 Å². The Morgan fingerprint density at radius 1 is 1.07 bits per heavy atom. The van der Waals surface area contributed by atoms with E-state index in [4.69, 9.17) is 31.0 Å². The smallest absolute Gasteiger partial charge is 0.246 e. The van der Waals surface area contributed by atoms with E-state index in [9.17, 15) is 0 Å². The van der Waals surface area contributed by atoms with Crippen molar-refractivity contribution in [2.75, 3.05) is 26.1 Å². The zero-order chi connectivity index (χ0) is 20.6. The van der Waals surface area contributed by atoms with Gasteiger partial charge in [-0.05, 0) is 55.5 Å². The first kappa shape index (κ1) is 20.4. The third-order valence-corrected chi connectivity index (χ3v) is 4.18. The van der Waals surface area contributed by atoms with E-state index >= 15 is 0 Å². The molecule has 152 valence electrons. The molecule has 3 aromatic rings. The number of hydrogen-bond donors (Lipinski definition) is 2. The van der Waals surface area contributed by atoms with Crippen LogP contribution < -0.4 is 24.8 Å². The highest BCUT2D eigenvalue weighted by atomic mass is 32.1. The molecule has 0 fully saturated rings. The Bertz CT molecular complexity index is 959. The molecule has 0 radical (unpaired) electrons. The second-order valence-electron chi connectivity index (χ2n) is 5.85. The molecule has 9 heteroatoms. The molecular formula is C20H22N4O4S. The molecule has 1 aromatic heterocycles. The Kier molecular flexibility index (Phi) is 6.85. The van der Waals surface area contributed by atoms with Crippen LogP contribution in [0.25, 0.3) is 11.4 Å². The predicted octanol–water partition coefficient (Wildman–Crippen LogP) is 3.64. The molecule has 3 rings (SSSR count). The van der Waals surface area contributed by atoms with Crippen LogP contribution in [0.5, 0.6) is 17.2 Å². The zero-order valence-corrected chi connectivity index (χ0v) is 17.2. The first-order chi connectivity index (χ1) is 14.1. The Morgan fingerprint density at radius 2 is 1.83 bits per heavy atom. The minimum atomic E-state index is 0.295. The van der Waals surface area contributed by atoms with Crippen molar-refractivity contribution in [3.8, 4) is 28.6 Å². The van der Waals surface area contributed by atoms with Gasteiger partial charge in [0.25, 0.3) is 0 Å². The molecule has 0 amide bonds. The summed E-state index contributed by atoms with van der Waals surface area (Å²) in [6, 6.07) is 12.9. The Labute approximate surface area is 174 Å². The SMILES string of the molecule is CCOc1ccc(-c2noc(CNC(=S)Nc3ccc(OC)c(OC)c3)n2)cc1. The molecule has 1 heterocycles. The van der Waals surface area contributed by atoms with Crippen molar-refractivity contribution in [3.63, 3.8) is 0 Å². The average Bonchev–Trinajstić information content (AvgIpc) is 3.22. The topological polar surface area (TPSA) is 90.7 Å². The molecule has 0 aliphatic carbocycles. The maximum Gasteiger partial charge on any atom is 0.246 e. The first-order valence-electron chi connectivity index (χ1n) is 8.95. The Balaban J connectivity index is 1.56. The van der Waals surface area contributed by atoms with Crippen LogP contribution in [0.3, 0.4) is 0 Å². The number of anilines is 1. The van der Waals surface area contributed by atoms with Crippen LogP contribution in [0.2, 0.25) is 0 Å². The van der Waals surface area contributed by atoms with Gasteiger partial charge < -0.3 is 29.4 Å². The third-order valence-electron chi connectivity index (χ3n) is 3.93. The van der Waals surface area contributed by atoms with Crippen molar-refractivity contribution in [1.29, 1.82) is 0 Å². The summed E-state index contributed by atoms with van der Waals surface area (Å²) in [5.41, 5.74) is 1.61. The molecule has 2 N–H and O–H groups in total. The lowest BCUT2D eigenvalue weighted by atomic mass is 10.2. The molecule has 8 nitrogen and oxygen atoms in total. The molecule has 0 saturated carbocycles. The number of ether oxygens (including phenoxy) is 3. The lowest BCUT2D eigenvalue weighted by molar-refractivity contribution is 0.340. The molecule has 29 heavy (non-hydrogen) atoms. The number of methoxy groups -OCH3 is 2. The highest BCUT2D eigenvalue weighted by Gasteiger charge is 2.10. The van der Waals surface area contributed by atoms with E-state index in [1.54, 1.807) is 26.4 Å². The molecule has 0 saturated heterocycles. The van der Waals surface area contributed by atoms with E-state index in [0.717, 1.165) is 17.0 Å². The first-order valence-corrected chi connectivity index (χ1v) is 9.36. The van der Waals surface area contributed by atoms with E-state index in [1.807, 2.05) is 37.3 Å². The van der Waals surface area contributed by atoms with Crippen LogP contribution in [-0.4, -0.2) is 36.1 Å². The maximum atomic E-state index is 5.43. The number of thiocarbonyl (C=S) groups is 1. The number of rotatable bonds is 8. The summed E-state index contributed by atoms with van der Waals surface area (Å²) < 4.78 is 21.2. The van der Waals surface area contributed by atoms with Crippen LogP contribution in [0.15, 0.2) is 47.0 Å². The Hall–Kier alpha value is -3.33. The minimum absolute atomic E-state index is 0.295. The lowest BCUT2D eigenvalue weighted by Gasteiger charge is -2.12. The summed E-state index contributed by atoms with van der Waals surface area (Å²) in [4.78, 5) is 4.38. The lowest BCUT2D eigenvalue weighted by Crippen LogP contribution is -2.28. The molecule has 0 spiro atoms. The number of nitrogens with zero attached hydrogens (tertiary/aromatic N) is 2. The van der Waals surface area contributed by atoms with Gasteiger partial charge in [-0.25, -0.2) is 0 Å². The Morgan fingerprint density at radius 3 is 2.52 bits per heavy atom. The highest BCUT2D eigenvalue weighted by Crippen LogP contribution is 2.29. The van der Waals surface area contributed by atoms with Crippen molar-refractivity contribution in [2.45, 2.75) is 13.5 Å². The van der Waals surface area contributed by atoms with Gasteiger partial charge in [-0.2, -0.15) is 4.98 Å². The van der Waals surface area contributed by atoms with Gasteiger partial charge in [0.1, 0.15) is 5.75 Å². The fourth-order valence-corrected chi connectivity index (χ4v) is 2.75. The van der Waals surface area contributed by atoms with Crippen molar-refractivity contribution in [1.82, 2.24) is 15.5 Å². The quantitative estimate of drug-likeness (QED) is 0.536. The zero-order valence-electron chi connectivity index (χ0n) is 16.4. The predicted molar refractivity (Wildman–Crippen MR) is 114 cm³/mol. The van der Waals surface area contributed by atoms with Gasteiger partial charge in [0.05, 0.1) is 27.4 Å². The minimum Gasteiger partial charge on any atom is -0.494 e. The second kappa shape index (κ2) is 9.74. The van der Waals surface area contributed by atoms with Crippen molar-refractivity contribution in [2.24, 2.45) is 0 Å². The molecule has 0 aliphatic rings. The summed E-state index contributed by atoms with van der Waals surface area (Å²) in [7, 11) is 3.17. The van der Waals surface area contributed by atoms with Gasteiger partial charge in [0.15, 0.2) is 16.6 Å². The molecule has 0 unspecified atom stereocenters. The van der Waals surface area contributed by atoms with Crippen LogP contribution in [0.1, 0.15) is 12.8 Å². The summed E-state index contributed by atoms with van der Waals surface area (Å²) in [6.07, 6.45) is 0. The largest absolute Gasteiger partial charge is 0.494 e. The monoisotopic (exact) mass is 414 g/mol. The van der Waals surface area contributed by atoms with Gasteiger partial charge in [0.2, 0.25) is 11.7 Å². The summed E-state index contributed by atoms with van der Waals surface area (Å²) in [5, 5.41) is 10.5. The van der Waals surface area contributed by atoms with Gasteiger partial charge >= 0.3 is 0 Å². The van der Waals surface area contributed by atoms with Crippen LogP contribution in [-0.2, 0) is 6.54 Å². The van der Waals surface area contributed by atoms with Gasteiger partial charge in [-0.3, -0.25) is 0 Å². The van der Waals surface area contributed by atoms with E-state index in [-0.39, 0.29) is 0 Å². The summed E-state index contributed by atoms with van der Waals surface area (Å²) in [5.74, 6) is 2.98. The highest BCUT2D eigenvalue weighted by molar-refractivity contribution is 7.80. The molecule has 0 aliphatic heterocycles. The molecule has 2 aromatic carbocycles. The van der Waals surface area contributed by atoms with Crippen LogP contribution in [0.4, 0.5) is 5.69 Å². The summed E-state index contributed by atoms with van der Waals surface area (Å²) >= 11 is 5.32. The van der Waals surface area contributed by atoms with Gasteiger partial charge in [-0.1, -0.05) is 5.16 Å². The fourth-order valence-electron chi connectivity index (χ4n) is 2.56. The summed E-state index contributed by atoms with van der Waals surface area (Å²) in [6.45, 7) is 2.86. The number of aromatic nitrogens is 2. The van der Waals surface area contributed by atoms with Crippen molar-refractivity contribution in [3.05, 3.63) is 48.4 Å². The number of hydrogen-bond acceptors (Lipinski definition) is 7. The second-order valence-corrected chi connectivity index (χ2v) is 6.25. The molecular weight excluding hydrogens is 392 g/mol. The third kappa shape index (κ3) is 5.35. The van der Waals surface area contributed by atoms with Crippen molar-refractivity contribution >= 4 is 23.0 Å². The molecule has 0 atom stereocenters. The average molecular weight is 414 g/mol. The van der Waals surface area contributed by atoms with E-state index < -0.39 is 0 Å². The normalized spacial score (nSPS) is 10.3. The van der Waals surface area contributed by atoms with E-state index in [1.165, 1.54) is 0 Å². The van der Waals surface area contributed by atoms with Gasteiger partial charge in [0, 0.05) is 17.3 Å². The van der Waals surface area contributed by atoms with Gasteiger partial charge in [-0.15, -0.1) is 0 Å². The van der Waals surface area contributed by atoms with E-state index in [0.29, 0.717) is 41.5 Å². The van der Waals surface area contributed by atoms with Crippen LogP contribution in [0, 0.1) is 0 Å². The maximum absolute atomic E-state index is 5.43. The fraction of sp³-hybridized carbons (Fsp3) is 0.250. The van der Waals surface area contributed by atoms with Crippen LogP contribution >= 0.6 is 12.2 Å². The number of benzene rings is 2. The molecule has 0 bridgehead atoms. The standard InChI is InChI=1S/C20H22N4O4S/c1-4-27-15-8-5-13(6-9-15)19-23-18(28-24-19)12-21-20(29)22-14-7-10-16(25-2)17(11-14)26-3/h5-11H,4,12H2,1-3H3,(H2,21,22,29). The number of nitrogens with one attached hydrogen (secondary N) is 2. The van der Waals surface area contributed by atoms with Crippen molar-refractivity contribution < 1.29 is 18.7 Å².